The topological polar surface area (TPSA) is 88.9 Å². The van der Waals surface area contributed by atoms with Crippen LogP contribution in [0, 0.1) is 17.6 Å². The van der Waals surface area contributed by atoms with Gasteiger partial charge in [-0.2, -0.15) is 0 Å². The van der Waals surface area contributed by atoms with E-state index in [0.29, 0.717) is 29.2 Å². The lowest BCUT2D eigenvalue weighted by molar-refractivity contribution is -0.113. The molecule has 2 aromatic carbocycles. The Balaban J connectivity index is 1.72. The lowest BCUT2D eigenvalue weighted by atomic mass is 10.0. The molecule has 0 aliphatic carbocycles. The van der Waals surface area contributed by atoms with E-state index in [1.165, 1.54) is 0 Å². The number of carbonyl (C=O) groups is 2. The average molecular weight is 552 g/mol. The van der Waals surface area contributed by atoms with E-state index in [0.717, 1.165) is 17.8 Å². The Bertz CT molecular complexity index is 1150. The molecule has 0 radical (unpaired) electrons. The Morgan fingerprint density at radius 2 is 1.85 bits per heavy atom. The van der Waals surface area contributed by atoms with E-state index in [4.69, 9.17) is 0 Å². The third-order valence-corrected chi connectivity index (χ3v) is 6.52. The number of anilines is 1. The van der Waals surface area contributed by atoms with E-state index in [1.54, 1.807) is 24.3 Å². The molecule has 0 unspecified atom stereocenters. The molecule has 34 heavy (non-hydrogen) atoms. The second kappa shape index (κ2) is 11.6. The average Bonchev–Trinajstić information content (AvgIpc) is 3.21. The van der Waals surface area contributed by atoms with Gasteiger partial charge in [0.15, 0.2) is 16.8 Å². The zero-order chi connectivity index (χ0) is 24.8. The summed E-state index contributed by atoms with van der Waals surface area (Å²) in [4.78, 5) is 25.1. The highest BCUT2D eigenvalue weighted by molar-refractivity contribution is 9.10. The molecule has 1 heterocycles. The van der Waals surface area contributed by atoms with Crippen LogP contribution in [-0.4, -0.2) is 32.3 Å². The summed E-state index contributed by atoms with van der Waals surface area (Å²) < 4.78 is 29.2. The van der Waals surface area contributed by atoms with Crippen LogP contribution in [0.3, 0.4) is 0 Å². The minimum absolute atomic E-state index is 0.0297. The Morgan fingerprint density at radius 1 is 1.15 bits per heavy atom. The molecule has 0 saturated heterocycles. The van der Waals surface area contributed by atoms with Gasteiger partial charge < -0.3 is 15.2 Å². The Hall–Kier alpha value is -2.79. The Morgan fingerprint density at radius 3 is 2.47 bits per heavy atom. The van der Waals surface area contributed by atoms with Gasteiger partial charge >= 0.3 is 0 Å². The number of nitrogens with zero attached hydrogens (tertiary/aromatic N) is 3. The van der Waals surface area contributed by atoms with Crippen molar-refractivity contribution in [1.29, 1.82) is 0 Å². The van der Waals surface area contributed by atoms with Crippen molar-refractivity contribution in [3.63, 3.8) is 0 Å². The van der Waals surface area contributed by atoms with Crippen molar-refractivity contribution in [2.45, 2.75) is 38.5 Å². The van der Waals surface area contributed by atoms with Gasteiger partial charge in [0.1, 0.15) is 5.82 Å². The molecule has 1 atom stereocenters. The molecule has 7 nitrogen and oxygen atoms in total. The van der Waals surface area contributed by atoms with Crippen molar-refractivity contribution in [3.05, 3.63) is 70.0 Å². The summed E-state index contributed by atoms with van der Waals surface area (Å²) in [5.74, 6) is -1.78. The van der Waals surface area contributed by atoms with Crippen LogP contribution in [-0.2, 0) is 11.3 Å². The Kier molecular flexibility index (Phi) is 8.78. The first kappa shape index (κ1) is 25.8. The molecule has 0 aliphatic heterocycles. The first-order chi connectivity index (χ1) is 16.2. The van der Waals surface area contributed by atoms with E-state index >= 15 is 0 Å². The molecule has 180 valence electrons. The van der Waals surface area contributed by atoms with Crippen molar-refractivity contribution in [2.75, 3.05) is 11.1 Å². The number of nitrogens with one attached hydrogen (secondary N) is 2. The van der Waals surface area contributed by atoms with Crippen molar-refractivity contribution in [2.24, 2.45) is 5.92 Å². The van der Waals surface area contributed by atoms with Gasteiger partial charge in [-0.1, -0.05) is 43.8 Å². The van der Waals surface area contributed by atoms with Gasteiger partial charge in [0.05, 0.1) is 17.5 Å². The summed E-state index contributed by atoms with van der Waals surface area (Å²) in [5, 5.41) is 14.5. The van der Waals surface area contributed by atoms with Crippen LogP contribution in [0.25, 0.3) is 0 Å². The molecule has 1 aromatic heterocycles. The van der Waals surface area contributed by atoms with Crippen molar-refractivity contribution in [3.8, 4) is 0 Å². The zero-order valence-corrected chi connectivity index (χ0v) is 21.2. The minimum Gasteiger partial charge on any atom is -0.342 e. The summed E-state index contributed by atoms with van der Waals surface area (Å²) in [5.41, 5.74) is 0.411. The summed E-state index contributed by atoms with van der Waals surface area (Å²) in [6, 6.07) is 10.3. The molecule has 2 amide bonds. The van der Waals surface area contributed by atoms with Crippen LogP contribution >= 0.6 is 27.7 Å². The number of hydrogen-bond donors (Lipinski definition) is 2. The molecule has 3 aromatic rings. The van der Waals surface area contributed by atoms with E-state index in [9.17, 15) is 18.4 Å². The first-order valence-electron chi connectivity index (χ1n) is 10.6. The second-order valence-electron chi connectivity index (χ2n) is 7.73. The smallest absolute Gasteiger partial charge is 0.251 e. The maximum absolute atomic E-state index is 14.0. The molecule has 0 fully saturated rings. The molecule has 0 aliphatic rings. The molecule has 11 heteroatoms. The largest absolute Gasteiger partial charge is 0.342 e. The summed E-state index contributed by atoms with van der Waals surface area (Å²) in [6.45, 7) is 6.38. The summed E-state index contributed by atoms with van der Waals surface area (Å²) in [7, 11) is 0. The fraction of sp³-hybridized carbons (Fsp3) is 0.304. The van der Waals surface area contributed by atoms with E-state index in [-0.39, 0.29) is 27.7 Å². The molecule has 0 saturated carbocycles. The Labute approximate surface area is 208 Å². The van der Waals surface area contributed by atoms with Crippen LogP contribution in [0.2, 0.25) is 0 Å². The zero-order valence-electron chi connectivity index (χ0n) is 18.8. The number of rotatable bonds is 9. The highest BCUT2D eigenvalue weighted by Gasteiger charge is 2.26. The van der Waals surface area contributed by atoms with Crippen molar-refractivity contribution in [1.82, 2.24) is 20.1 Å². The van der Waals surface area contributed by atoms with E-state index in [1.807, 2.05) is 31.4 Å². The molecule has 3 rings (SSSR count). The number of amides is 2. The molecular weight excluding hydrogens is 528 g/mol. The van der Waals surface area contributed by atoms with Crippen LogP contribution in [0.4, 0.5) is 14.5 Å². The van der Waals surface area contributed by atoms with Crippen LogP contribution in [0.5, 0.6) is 0 Å². The quantitative estimate of drug-likeness (QED) is 0.357. The third kappa shape index (κ3) is 6.20. The van der Waals surface area contributed by atoms with Crippen LogP contribution < -0.4 is 10.6 Å². The summed E-state index contributed by atoms with van der Waals surface area (Å²) >= 11 is 4.18. The molecular formula is C23H24BrF2N5O2S. The number of benzene rings is 2. The van der Waals surface area contributed by atoms with Gasteiger partial charge in [0.25, 0.3) is 5.91 Å². The molecule has 2 N–H and O–H groups in total. The second-order valence-corrected chi connectivity index (χ2v) is 9.52. The normalized spacial score (nSPS) is 12.0. The lowest BCUT2D eigenvalue weighted by Gasteiger charge is -2.22. The highest BCUT2D eigenvalue weighted by Crippen LogP contribution is 2.28. The third-order valence-electron chi connectivity index (χ3n) is 4.93. The van der Waals surface area contributed by atoms with E-state index in [2.05, 4.69) is 36.8 Å². The maximum atomic E-state index is 14.0. The maximum Gasteiger partial charge on any atom is 0.251 e. The monoisotopic (exact) mass is 551 g/mol. The predicted octanol–water partition coefficient (Wildman–Crippen LogP) is 5.20. The van der Waals surface area contributed by atoms with Crippen LogP contribution in [0.15, 0.2) is 52.1 Å². The number of carbonyl (C=O) groups excluding carboxylic acids is 2. The minimum atomic E-state index is -0.877. The standard InChI is InChI=1S/C23H24BrF2N5O2S/c1-4-31-21(19(13(2)3)28-22(33)14-8-6-5-7-9-14)29-30-23(31)34-12-18(32)27-20-16(24)10-15(25)11-17(20)26/h5-11,13,19H,4,12H2,1-3H3,(H,27,32)(H,28,33)/t19-/m1/s1. The SMILES string of the molecule is CCn1c(SCC(=O)Nc2c(F)cc(F)cc2Br)nnc1[C@H](NC(=O)c1ccccc1)C(C)C. The van der Waals surface area contributed by atoms with Gasteiger partial charge in [-0.05, 0) is 47.0 Å². The molecule has 0 spiro atoms. The van der Waals surface area contributed by atoms with Gasteiger partial charge in [0.2, 0.25) is 5.91 Å². The highest BCUT2D eigenvalue weighted by atomic mass is 79.9. The number of aromatic nitrogens is 3. The van der Waals surface area contributed by atoms with E-state index < -0.39 is 23.6 Å². The van der Waals surface area contributed by atoms with Crippen molar-refractivity contribution >= 4 is 45.2 Å². The fourth-order valence-electron chi connectivity index (χ4n) is 3.24. The lowest BCUT2D eigenvalue weighted by Crippen LogP contribution is -2.33. The fourth-order valence-corrected chi connectivity index (χ4v) is 4.56. The molecule has 0 bridgehead atoms. The van der Waals surface area contributed by atoms with Gasteiger partial charge in [-0.3, -0.25) is 9.59 Å². The van der Waals surface area contributed by atoms with Crippen molar-refractivity contribution < 1.29 is 18.4 Å². The summed E-state index contributed by atoms with van der Waals surface area (Å²) in [6.07, 6.45) is 0. The number of thioether (sulfide) groups is 1. The number of hydrogen-bond acceptors (Lipinski definition) is 5. The van der Waals surface area contributed by atoms with Crippen LogP contribution in [0.1, 0.15) is 43.0 Å². The first-order valence-corrected chi connectivity index (χ1v) is 12.3. The predicted molar refractivity (Wildman–Crippen MR) is 131 cm³/mol. The number of halogens is 3. The van der Waals surface area contributed by atoms with Gasteiger partial charge in [-0.15, -0.1) is 10.2 Å². The van der Waals surface area contributed by atoms with Gasteiger partial charge in [0, 0.05) is 22.6 Å². The van der Waals surface area contributed by atoms with Gasteiger partial charge in [-0.25, -0.2) is 8.78 Å².